The summed E-state index contributed by atoms with van der Waals surface area (Å²) in [5.74, 6) is 1.35. The smallest absolute Gasteiger partial charge is 0.231 e. The molecule has 1 unspecified atom stereocenters. The van der Waals surface area contributed by atoms with E-state index >= 15 is 0 Å². The summed E-state index contributed by atoms with van der Waals surface area (Å²) in [5.41, 5.74) is 7.04. The zero-order valence-electron chi connectivity index (χ0n) is 11.5. The van der Waals surface area contributed by atoms with E-state index < -0.39 is 0 Å². The standard InChI is InChI=1S/C14H21ClN2O2/c1-3-5-17(4-2)12(8-16)10-6-11(15)14-13(7-10)18-9-19-14/h6-7,12H,3-5,8-9,16H2,1-2H3. The Morgan fingerprint density at radius 1 is 1.37 bits per heavy atom. The topological polar surface area (TPSA) is 47.7 Å². The number of rotatable bonds is 6. The van der Waals surface area contributed by atoms with Crippen molar-refractivity contribution in [1.29, 1.82) is 0 Å². The van der Waals surface area contributed by atoms with Gasteiger partial charge in [0.25, 0.3) is 0 Å². The maximum Gasteiger partial charge on any atom is 0.231 e. The van der Waals surface area contributed by atoms with Crippen LogP contribution in [0, 0.1) is 0 Å². The quantitative estimate of drug-likeness (QED) is 0.873. The van der Waals surface area contributed by atoms with Crippen molar-refractivity contribution in [2.75, 3.05) is 26.4 Å². The van der Waals surface area contributed by atoms with Gasteiger partial charge in [-0.3, -0.25) is 4.90 Å². The summed E-state index contributed by atoms with van der Waals surface area (Å²) in [6, 6.07) is 4.09. The molecule has 0 aliphatic carbocycles. The molecule has 0 spiro atoms. The highest BCUT2D eigenvalue weighted by Crippen LogP contribution is 2.41. The third-order valence-electron chi connectivity index (χ3n) is 3.42. The predicted octanol–water partition coefficient (Wildman–Crippen LogP) is 2.80. The highest BCUT2D eigenvalue weighted by molar-refractivity contribution is 6.32. The van der Waals surface area contributed by atoms with Crippen molar-refractivity contribution in [3.63, 3.8) is 0 Å². The van der Waals surface area contributed by atoms with Gasteiger partial charge in [0.05, 0.1) is 5.02 Å². The number of halogens is 1. The Bertz CT molecular complexity index is 440. The molecular formula is C14H21ClN2O2. The molecule has 0 bridgehead atoms. The summed E-state index contributed by atoms with van der Waals surface area (Å²) >= 11 is 6.24. The number of ether oxygens (including phenoxy) is 2. The minimum absolute atomic E-state index is 0.164. The van der Waals surface area contributed by atoms with Gasteiger partial charge in [0.15, 0.2) is 11.5 Å². The molecule has 1 heterocycles. The van der Waals surface area contributed by atoms with Crippen LogP contribution < -0.4 is 15.2 Å². The van der Waals surface area contributed by atoms with Crippen molar-refractivity contribution in [3.05, 3.63) is 22.7 Å². The van der Waals surface area contributed by atoms with Gasteiger partial charge in [0, 0.05) is 12.6 Å². The van der Waals surface area contributed by atoms with Gasteiger partial charge in [-0.2, -0.15) is 0 Å². The lowest BCUT2D eigenvalue weighted by Crippen LogP contribution is -2.34. The third kappa shape index (κ3) is 2.96. The van der Waals surface area contributed by atoms with Crippen molar-refractivity contribution >= 4 is 11.6 Å². The Kier molecular flexibility index (Phi) is 4.91. The van der Waals surface area contributed by atoms with Crippen molar-refractivity contribution in [3.8, 4) is 11.5 Å². The second-order valence-corrected chi connectivity index (χ2v) is 5.02. The summed E-state index contributed by atoms with van der Waals surface area (Å²) in [5, 5.41) is 0.594. The first-order chi connectivity index (χ1) is 9.21. The first-order valence-electron chi connectivity index (χ1n) is 6.74. The molecule has 0 aromatic heterocycles. The Morgan fingerprint density at radius 3 is 2.79 bits per heavy atom. The second kappa shape index (κ2) is 6.46. The highest BCUT2D eigenvalue weighted by atomic mass is 35.5. The molecule has 106 valence electrons. The molecule has 19 heavy (non-hydrogen) atoms. The fourth-order valence-corrected chi connectivity index (χ4v) is 2.77. The lowest BCUT2D eigenvalue weighted by atomic mass is 10.0. The van der Waals surface area contributed by atoms with Crippen LogP contribution in [0.2, 0.25) is 5.02 Å². The molecule has 0 fully saturated rings. The van der Waals surface area contributed by atoms with Crippen molar-refractivity contribution in [1.82, 2.24) is 4.90 Å². The molecule has 2 N–H and O–H groups in total. The molecule has 1 aliphatic rings. The number of nitrogens with zero attached hydrogens (tertiary/aromatic N) is 1. The molecule has 1 aromatic rings. The average Bonchev–Trinajstić information content (AvgIpc) is 2.87. The Balaban J connectivity index is 2.30. The number of nitrogens with two attached hydrogens (primary N) is 1. The van der Waals surface area contributed by atoms with E-state index in [-0.39, 0.29) is 12.8 Å². The van der Waals surface area contributed by atoms with Crippen LogP contribution in [-0.4, -0.2) is 31.3 Å². The fraction of sp³-hybridized carbons (Fsp3) is 0.571. The molecule has 1 aromatic carbocycles. The zero-order chi connectivity index (χ0) is 13.8. The lowest BCUT2D eigenvalue weighted by molar-refractivity contribution is 0.173. The normalized spacial score (nSPS) is 15.0. The summed E-state index contributed by atoms with van der Waals surface area (Å²) in [7, 11) is 0. The van der Waals surface area contributed by atoms with E-state index in [2.05, 4.69) is 18.7 Å². The van der Waals surface area contributed by atoms with Crippen LogP contribution in [0.25, 0.3) is 0 Å². The van der Waals surface area contributed by atoms with Crippen LogP contribution in [0.15, 0.2) is 12.1 Å². The molecule has 0 saturated heterocycles. The maximum absolute atomic E-state index is 6.24. The van der Waals surface area contributed by atoms with Crippen molar-refractivity contribution in [2.24, 2.45) is 5.73 Å². The molecule has 4 nitrogen and oxygen atoms in total. The summed E-state index contributed by atoms with van der Waals surface area (Å²) in [6.45, 7) is 7.09. The monoisotopic (exact) mass is 284 g/mol. The van der Waals surface area contributed by atoms with Crippen LogP contribution in [0.4, 0.5) is 0 Å². The molecule has 1 atom stereocenters. The molecule has 0 saturated carbocycles. The molecule has 0 radical (unpaired) electrons. The van der Waals surface area contributed by atoms with Gasteiger partial charge in [-0.05, 0) is 37.2 Å². The van der Waals surface area contributed by atoms with Crippen LogP contribution in [0.3, 0.4) is 0 Å². The zero-order valence-corrected chi connectivity index (χ0v) is 12.2. The van der Waals surface area contributed by atoms with E-state index in [9.17, 15) is 0 Å². The van der Waals surface area contributed by atoms with E-state index in [1.165, 1.54) is 0 Å². The van der Waals surface area contributed by atoms with E-state index in [1.54, 1.807) is 0 Å². The van der Waals surface area contributed by atoms with E-state index in [4.69, 9.17) is 26.8 Å². The van der Waals surface area contributed by atoms with Gasteiger partial charge < -0.3 is 15.2 Å². The van der Waals surface area contributed by atoms with E-state index in [0.29, 0.717) is 23.1 Å². The molecule has 0 amide bonds. The van der Waals surface area contributed by atoms with Crippen LogP contribution >= 0.6 is 11.6 Å². The number of benzene rings is 1. The van der Waals surface area contributed by atoms with Gasteiger partial charge in [-0.1, -0.05) is 25.4 Å². The fourth-order valence-electron chi connectivity index (χ4n) is 2.50. The number of likely N-dealkylation sites (N-methyl/N-ethyl adjacent to an activating group) is 1. The average molecular weight is 285 g/mol. The van der Waals surface area contributed by atoms with E-state index in [0.717, 1.165) is 25.1 Å². The predicted molar refractivity (Wildman–Crippen MR) is 76.9 cm³/mol. The first kappa shape index (κ1) is 14.4. The first-order valence-corrected chi connectivity index (χ1v) is 7.12. The molecule has 2 rings (SSSR count). The van der Waals surface area contributed by atoms with Gasteiger partial charge in [0.2, 0.25) is 6.79 Å². The minimum atomic E-state index is 0.164. The van der Waals surface area contributed by atoms with E-state index in [1.807, 2.05) is 12.1 Å². The van der Waals surface area contributed by atoms with Crippen molar-refractivity contribution in [2.45, 2.75) is 26.3 Å². The summed E-state index contributed by atoms with van der Waals surface area (Å²) < 4.78 is 10.8. The molecular weight excluding hydrogens is 264 g/mol. The SMILES string of the molecule is CCCN(CC)C(CN)c1cc(Cl)c2c(c1)OCO2. The van der Waals surface area contributed by atoms with Crippen LogP contribution in [-0.2, 0) is 0 Å². The number of hydrogen-bond donors (Lipinski definition) is 1. The Hall–Kier alpha value is -0.970. The van der Waals surface area contributed by atoms with Crippen molar-refractivity contribution < 1.29 is 9.47 Å². The number of fused-ring (bicyclic) bond motifs is 1. The van der Waals surface area contributed by atoms with Gasteiger partial charge in [-0.25, -0.2) is 0 Å². The Morgan fingerprint density at radius 2 is 2.16 bits per heavy atom. The lowest BCUT2D eigenvalue weighted by Gasteiger charge is -2.30. The molecule has 1 aliphatic heterocycles. The minimum Gasteiger partial charge on any atom is -0.454 e. The largest absolute Gasteiger partial charge is 0.454 e. The van der Waals surface area contributed by atoms with Crippen LogP contribution in [0.1, 0.15) is 31.9 Å². The van der Waals surface area contributed by atoms with Gasteiger partial charge >= 0.3 is 0 Å². The maximum atomic E-state index is 6.24. The highest BCUT2D eigenvalue weighted by Gasteiger charge is 2.23. The molecule has 5 heteroatoms. The van der Waals surface area contributed by atoms with Gasteiger partial charge in [0.1, 0.15) is 0 Å². The third-order valence-corrected chi connectivity index (χ3v) is 3.70. The summed E-state index contributed by atoms with van der Waals surface area (Å²) in [6.07, 6.45) is 1.10. The summed E-state index contributed by atoms with van der Waals surface area (Å²) in [4.78, 5) is 2.36. The second-order valence-electron chi connectivity index (χ2n) is 4.62. The van der Waals surface area contributed by atoms with Gasteiger partial charge in [-0.15, -0.1) is 0 Å². The number of hydrogen-bond acceptors (Lipinski definition) is 4. The van der Waals surface area contributed by atoms with Crippen LogP contribution in [0.5, 0.6) is 11.5 Å². The Labute approximate surface area is 119 Å².